The molecular formula is C22H24N4O. The van der Waals surface area contributed by atoms with Crippen molar-refractivity contribution < 1.29 is 4.79 Å². The lowest BCUT2D eigenvalue weighted by Gasteiger charge is -2.38. The molecule has 1 amide bonds. The summed E-state index contributed by atoms with van der Waals surface area (Å²) in [6.45, 7) is 5.39. The third kappa shape index (κ3) is 3.33. The molecule has 3 heterocycles. The molecule has 0 unspecified atom stereocenters. The number of nitrogens with zero attached hydrogens (tertiary/aromatic N) is 3. The number of piperidine rings is 1. The van der Waals surface area contributed by atoms with Crippen LogP contribution in [0.15, 0.2) is 61.4 Å². The molecule has 1 atom stereocenters. The first-order chi connectivity index (χ1) is 13.2. The fraction of sp³-hybridized carbons (Fsp3) is 0.273. The van der Waals surface area contributed by atoms with Crippen LogP contribution in [0.5, 0.6) is 0 Å². The standard InChI is InChI=1S/C22H24N4O/c1-3-21(27)25(2)17-10-7-11-26(15-17)18-12-19-20(14-24-22(19)23-13-18)16-8-5-4-6-9-16/h3-6,8-9,12-14,17H,1,7,10-11,15H2,2H3,(H,23,24)/t17-/m1/s1. The molecular weight excluding hydrogens is 336 g/mol. The number of carbonyl (C=O) groups is 1. The molecule has 5 nitrogen and oxygen atoms in total. The molecule has 1 aliphatic heterocycles. The van der Waals surface area contributed by atoms with Crippen LogP contribution in [0.3, 0.4) is 0 Å². The number of amides is 1. The third-order valence-corrected chi connectivity index (χ3v) is 5.43. The van der Waals surface area contributed by atoms with Crippen molar-refractivity contribution in [3.05, 3.63) is 61.4 Å². The first-order valence-corrected chi connectivity index (χ1v) is 9.34. The van der Waals surface area contributed by atoms with Crippen molar-refractivity contribution in [2.24, 2.45) is 0 Å². The summed E-state index contributed by atoms with van der Waals surface area (Å²) < 4.78 is 0. The van der Waals surface area contributed by atoms with E-state index in [1.807, 2.05) is 37.6 Å². The van der Waals surface area contributed by atoms with Gasteiger partial charge >= 0.3 is 0 Å². The second kappa shape index (κ2) is 7.27. The number of anilines is 1. The Hall–Kier alpha value is -3.08. The fourth-order valence-corrected chi connectivity index (χ4v) is 3.85. The Morgan fingerprint density at radius 3 is 2.96 bits per heavy atom. The van der Waals surface area contributed by atoms with E-state index in [9.17, 15) is 4.79 Å². The molecule has 27 heavy (non-hydrogen) atoms. The van der Waals surface area contributed by atoms with Crippen LogP contribution >= 0.6 is 0 Å². The quantitative estimate of drug-likeness (QED) is 0.719. The number of benzene rings is 1. The Morgan fingerprint density at radius 1 is 1.37 bits per heavy atom. The Morgan fingerprint density at radius 2 is 2.19 bits per heavy atom. The predicted octanol–water partition coefficient (Wildman–Crippen LogP) is 3.84. The van der Waals surface area contributed by atoms with Gasteiger partial charge in [-0.05, 0) is 30.5 Å². The molecule has 2 aromatic heterocycles. The highest BCUT2D eigenvalue weighted by Crippen LogP contribution is 2.31. The second-order valence-electron chi connectivity index (χ2n) is 7.05. The second-order valence-corrected chi connectivity index (χ2v) is 7.05. The Balaban J connectivity index is 1.64. The molecule has 4 rings (SSSR count). The molecule has 1 saturated heterocycles. The number of fused-ring (bicyclic) bond motifs is 1. The molecule has 3 aromatic rings. The molecule has 0 bridgehead atoms. The van der Waals surface area contributed by atoms with Gasteiger partial charge in [-0.25, -0.2) is 4.98 Å². The van der Waals surface area contributed by atoms with E-state index in [-0.39, 0.29) is 11.9 Å². The van der Waals surface area contributed by atoms with Gasteiger partial charge in [-0.2, -0.15) is 0 Å². The van der Waals surface area contributed by atoms with Crippen LogP contribution in [0.1, 0.15) is 12.8 Å². The van der Waals surface area contributed by atoms with Crippen molar-refractivity contribution in [3.8, 4) is 11.1 Å². The minimum Gasteiger partial charge on any atom is -0.368 e. The zero-order valence-electron chi connectivity index (χ0n) is 15.6. The van der Waals surface area contributed by atoms with Gasteiger partial charge in [0.2, 0.25) is 5.91 Å². The zero-order chi connectivity index (χ0) is 18.8. The summed E-state index contributed by atoms with van der Waals surface area (Å²) >= 11 is 0. The van der Waals surface area contributed by atoms with Crippen LogP contribution in [-0.2, 0) is 4.79 Å². The van der Waals surface area contributed by atoms with Gasteiger partial charge in [-0.3, -0.25) is 4.79 Å². The number of likely N-dealkylation sites (N-methyl/N-ethyl adjacent to an activating group) is 1. The van der Waals surface area contributed by atoms with Crippen LogP contribution in [0, 0.1) is 0 Å². The Kier molecular flexibility index (Phi) is 4.67. The summed E-state index contributed by atoms with van der Waals surface area (Å²) in [5, 5.41) is 1.12. The summed E-state index contributed by atoms with van der Waals surface area (Å²) in [4.78, 5) is 24.0. The highest BCUT2D eigenvalue weighted by atomic mass is 16.2. The van der Waals surface area contributed by atoms with Crippen LogP contribution in [-0.4, -0.2) is 47.0 Å². The topological polar surface area (TPSA) is 52.2 Å². The van der Waals surface area contributed by atoms with Crippen molar-refractivity contribution in [1.82, 2.24) is 14.9 Å². The van der Waals surface area contributed by atoms with Gasteiger partial charge < -0.3 is 14.8 Å². The predicted molar refractivity (Wildman–Crippen MR) is 110 cm³/mol. The van der Waals surface area contributed by atoms with Gasteiger partial charge in [-0.1, -0.05) is 36.9 Å². The summed E-state index contributed by atoms with van der Waals surface area (Å²) in [6, 6.07) is 12.7. The highest BCUT2D eigenvalue weighted by molar-refractivity contribution is 5.95. The van der Waals surface area contributed by atoms with E-state index in [2.05, 4.69) is 39.6 Å². The number of pyridine rings is 1. The summed E-state index contributed by atoms with van der Waals surface area (Å²) in [6.07, 6.45) is 7.40. The van der Waals surface area contributed by atoms with Gasteiger partial charge in [0.05, 0.1) is 11.9 Å². The first kappa shape index (κ1) is 17.3. The maximum atomic E-state index is 12.0. The van der Waals surface area contributed by atoms with Gasteiger partial charge in [0.1, 0.15) is 5.65 Å². The first-order valence-electron chi connectivity index (χ1n) is 9.34. The zero-order valence-corrected chi connectivity index (χ0v) is 15.6. The number of aromatic nitrogens is 2. The maximum Gasteiger partial charge on any atom is 0.246 e. The lowest BCUT2D eigenvalue weighted by Crippen LogP contribution is -2.48. The number of nitrogens with one attached hydrogen (secondary N) is 1. The van der Waals surface area contributed by atoms with E-state index in [0.29, 0.717) is 0 Å². The monoisotopic (exact) mass is 360 g/mol. The van der Waals surface area contributed by atoms with Crippen LogP contribution < -0.4 is 4.90 Å². The van der Waals surface area contributed by atoms with E-state index >= 15 is 0 Å². The SMILES string of the molecule is C=CC(=O)N(C)[C@@H]1CCCN(c2cnc3[nH]cc(-c4ccccc4)c3c2)C1. The number of hydrogen-bond acceptors (Lipinski definition) is 3. The molecule has 5 heteroatoms. The van der Waals surface area contributed by atoms with Crippen molar-refractivity contribution >= 4 is 22.6 Å². The van der Waals surface area contributed by atoms with E-state index in [4.69, 9.17) is 0 Å². The molecule has 1 fully saturated rings. The molecule has 0 radical (unpaired) electrons. The van der Waals surface area contributed by atoms with Crippen molar-refractivity contribution in [1.29, 1.82) is 0 Å². The third-order valence-electron chi connectivity index (χ3n) is 5.43. The minimum absolute atomic E-state index is 0.0209. The highest BCUT2D eigenvalue weighted by Gasteiger charge is 2.25. The molecule has 0 saturated carbocycles. The number of hydrogen-bond donors (Lipinski definition) is 1. The summed E-state index contributed by atoms with van der Waals surface area (Å²) in [5.74, 6) is -0.0209. The number of H-pyrrole nitrogens is 1. The largest absolute Gasteiger partial charge is 0.368 e. The van der Waals surface area contributed by atoms with Gasteiger partial charge in [0.15, 0.2) is 0 Å². The maximum absolute atomic E-state index is 12.0. The van der Waals surface area contributed by atoms with Gasteiger partial charge in [0.25, 0.3) is 0 Å². The lowest BCUT2D eigenvalue weighted by atomic mass is 10.0. The molecule has 1 aliphatic rings. The van der Waals surface area contributed by atoms with Gasteiger partial charge in [0, 0.05) is 43.3 Å². The fourth-order valence-electron chi connectivity index (χ4n) is 3.85. The smallest absolute Gasteiger partial charge is 0.246 e. The van der Waals surface area contributed by atoms with E-state index < -0.39 is 0 Å². The number of rotatable bonds is 4. The molecule has 138 valence electrons. The van der Waals surface area contributed by atoms with Crippen molar-refractivity contribution in [3.63, 3.8) is 0 Å². The van der Waals surface area contributed by atoms with Crippen molar-refractivity contribution in [2.45, 2.75) is 18.9 Å². The van der Waals surface area contributed by atoms with Crippen LogP contribution in [0.4, 0.5) is 5.69 Å². The minimum atomic E-state index is -0.0209. The number of aromatic amines is 1. The van der Waals surface area contributed by atoms with Crippen LogP contribution in [0.25, 0.3) is 22.2 Å². The average molecular weight is 360 g/mol. The van der Waals surface area contributed by atoms with E-state index in [1.165, 1.54) is 11.6 Å². The summed E-state index contributed by atoms with van der Waals surface area (Å²) in [7, 11) is 1.86. The Bertz CT molecular complexity index is 963. The van der Waals surface area contributed by atoms with E-state index in [1.54, 1.807) is 4.90 Å². The normalized spacial score (nSPS) is 17.1. The molecule has 0 aliphatic carbocycles. The lowest BCUT2D eigenvalue weighted by molar-refractivity contribution is -0.126. The van der Waals surface area contributed by atoms with Crippen LogP contribution in [0.2, 0.25) is 0 Å². The molecule has 1 N–H and O–H groups in total. The average Bonchev–Trinajstić information content (AvgIpc) is 3.16. The summed E-state index contributed by atoms with van der Waals surface area (Å²) in [5.41, 5.74) is 4.33. The van der Waals surface area contributed by atoms with Gasteiger partial charge in [-0.15, -0.1) is 0 Å². The molecule has 1 aromatic carbocycles. The number of carbonyl (C=O) groups excluding carboxylic acids is 1. The molecule has 0 spiro atoms. The van der Waals surface area contributed by atoms with Crippen molar-refractivity contribution in [2.75, 3.05) is 25.0 Å². The van der Waals surface area contributed by atoms with E-state index in [0.717, 1.165) is 48.2 Å². The Labute approximate surface area is 159 Å².